The summed E-state index contributed by atoms with van der Waals surface area (Å²) in [5.41, 5.74) is 1.62. The molecule has 0 unspecified atom stereocenters. The van der Waals surface area contributed by atoms with Crippen LogP contribution in [0.2, 0.25) is 0 Å². The molecule has 68 valence electrons. The number of fused-ring (bicyclic) bond motifs is 1. The van der Waals surface area contributed by atoms with Crippen molar-refractivity contribution in [2.45, 2.75) is 20.0 Å². The van der Waals surface area contributed by atoms with Crippen LogP contribution >= 0.6 is 0 Å². The second kappa shape index (κ2) is 3.09. The molecule has 0 aliphatic carbocycles. The standard InChI is InChI=1S/C10H11NO2/c1-7(2)13-8-3-4-10-9(5-8)11-6-12-10/h3-7H,1-2H3. The van der Waals surface area contributed by atoms with E-state index in [1.165, 1.54) is 6.39 Å². The van der Waals surface area contributed by atoms with Crippen molar-refractivity contribution in [3.8, 4) is 5.75 Å². The molecule has 0 N–H and O–H groups in total. The van der Waals surface area contributed by atoms with Gasteiger partial charge in [0.15, 0.2) is 12.0 Å². The van der Waals surface area contributed by atoms with Crippen molar-refractivity contribution in [1.82, 2.24) is 4.98 Å². The van der Waals surface area contributed by atoms with E-state index in [4.69, 9.17) is 9.15 Å². The Morgan fingerprint density at radius 3 is 3.00 bits per heavy atom. The third-order valence-electron chi connectivity index (χ3n) is 1.67. The molecule has 0 saturated carbocycles. The monoisotopic (exact) mass is 177 g/mol. The van der Waals surface area contributed by atoms with Gasteiger partial charge in [0, 0.05) is 6.07 Å². The molecular weight excluding hydrogens is 166 g/mol. The second-order valence-corrected chi connectivity index (χ2v) is 3.15. The Bertz CT molecular complexity index is 406. The molecule has 13 heavy (non-hydrogen) atoms. The highest BCUT2D eigenvalue weighted by Gasteiger charge is 2.01. The number of hydrogen-bond donors (Lipinski definition) is 0. The van der Waals surface area contributed by atoms with Crippen LogP contribution in [0.1, 0.15) is 13.8 Å². The summed E-state index contributed by atoms with van der Waals surface area (Å²) in [4.78, 5) is 4.04. The van der Waals surface area contributed by atoms with Crippen LogP contribution in [0, 0.1) is 0 Å². The molecule has 0 atom stereocenters. The van der Waals surface area contributed by atoms with Gasteiger partial charge in [0.2, 0.25) is 0 Å². The topological polar surface area (TPSA) is 35.3 Å². The summed E-state index contributed by atoms with van der Waals surface area (Å²) >= 11 is 0. The fourth-order valence-electron chi connectivity index (χ4n) is 1.18. The minimum absolute atomic E-state index is 0.185. The molecular formula is C10H11NO2. The van der Waals surface area contributed by atoms with Gasteiger partial charge >= 0.3 is 0 Å². The van der Waals surface area contributed by atoms with E-state index in [0.717, 1.165) is 16.8 Å². The molecule has 2 rings (SSSR count). The molecule has 0 aliphatic heterocycles. The van der Waals surface area contributed by atoms with E-state index in [9.17, 15) is 0 Å². The van der Waals surface area contributed by atoms with Crippen LogP contribution in [-0.4, -0.2) is 11.1 Å². The largest absolute Gasteiger partial charge is 0.491 e. The lowest BCUT2D eigenvalue weighted by atomic mass is 10.3. The number of oxazole rings is 1. The van der Waals surface area contributed by atoms with Gasteiger partial charge in [-0.05, 0) is 26.0 Å². The molecule has 0 amide bonds. The zero-order chi connectivity index (χ0) is 9.26. The van der Waals surface area contributed by atoms with Crippen LogP contribution in [-0.2, 0) is 0 Å². The molecule has 2 aromatic rings. The summed E-state index contributed by atoms with van der Waals surface area (Å²) in [5.74, 6) is 0.830. The number of rotatable bonds is 2. The van der Waals surface area contributed by atoms with Crippen LogP contribution in [0.15, 0.2) is 29.0 Å². The average Bonchev–Trinajstić information content (AvgIpc) is 2.49. The Morgan fingerprint density at radius 2 is 2.23 bits per heavy atom. The number of ether oxygens (including phenoxy) is 1. The maximum Gasteiger partial charge on any atom is 0.181 e. The first-order chi connectivity index (χ1) is 6.25. The van der Waals surface area contributed by atoms with Gasteiger partial charge in [-0.3, -0.25) is 0 Å². The van der Waals surface area contributed by atoms with Gasteiger partial charge in [-0.25, -0.2) is 4.98 Å². The predicted octanol–water partition coefficient (Wildman–Crippen LogP) is 2.62. The normalized spacial score (nSPS) is 11.0. The molecule has 1 aromatic heterocycles. The molecule has 0 bridgehead atoms. The second-order valence-electron chi connectivity index (χ2n) is 3.15. The molecule has 3 nitrogen and oxygen atoms in total. The lowest BCUT2D eigenvalue weighted by molar-refractivity contribution is 0.242. The Hall–Kier alpha value is -1.51. The van der Waals surface area contributed by atoms with Crippen molar-refractivity contribution < 1.29 is 9.15 Å². The van der Waals surface area contributed by atoms with E-state index < -0.39 is 0 Å². The van der Waals surface area contributed by atoms with Gasteiger partial charge in [0.05, 0.1) is 6.10 Å². The van der Waals surface area contributed by atoms with Crippen molar-refractivity contribution in [2.75, 3.05) is 0 Å². The van der Waals surface area contributed by atoms with E-state index in [1.54, 1.807) is 0 Å². The molecule has 0 saturated heterocycles. The van der Waals surface area contributed by atoms with E-state index in [1.807, 2.05) is 32.0 Å². The highest BCUT2D eigenvalue weighted by molar-refractivity contribution is 5.73. The third kappa shape index (κ3) is 1.64. The maximum atomic E-state index is 5.51. The van der Waals surface area contributed by atoms with Gasteiger partial charge in [-0.15, -0.1) is 0 Å². The minimum atomic E-state index is 0.185. The molecule has 1 aromatic carbocycles. The summed E-state index contributed by atoms with van der Waals surface area (Å²) in [7, 11) is 0. The molecule has 0 radical (unpaired) electrons. The average molecular weight is 177 g/mol. The Kier molecular flexibility index (Phi) is 1.93. The third-order valence-corrected chi connectivity index (χ3v) is 1.67. The minimum Gasteiger partial charge on any atom is -0.491 e. The highest BCUT2D eigenvalue weighted by Crippen LogP contribution is 2.20. The van der Waals surface area contributed by atoms with Gasteiger partial charge in [-0.1, -0.05) is 0 Å². The van der Waals surface area contributed by atoms with Crippen LogP contribution in [0.25, 0.3) is 11.1 Å². The zero-order valence-corrected chi connectivity index (χ0v) is 7.65. The van der Waals surface area contributed by atoms with Gasteiger partial charge < -0.3 is 9.15 Å². The van der Waals surface area contributed by atoms with Crippen LogP contribution in [0.3, 0.4) is 0 Å². The van der Waals surface area contributed by atoms with Gasteiger partial charge in [0.1, 0.15) is 11.3 Å². The quantitative estimate of drug-likeness (QED) is 0.707. The summed E-state index contributed by atoms with van der Waals surface area (Å²) in [5, 5.41) is 0. The first-order valence-electron chi connectivity index (χ1n) is 4.25. The first kappa shape index (κ1) is 8.10. The smallest absolute Gasteiger partial charge is 0.181 e. The number of hydrogen-bond acceptors (Lipinski definition) is 3. The van der Waals surface area contributed by atoms with E-state index in [-0.39, 0.29) is 6.10 Å². The van der Waals surface area contributed by atoms with Crippen molar-refractivity contribution in [3.63, 3.8) is 0 Å². The summed E-state index contributed by atoms with van der Waals surface area (Å²) in [6.07, 6.45) is 1.62. The lowest BCUT2D eigenvalue weighted by Crippen LogP contribution is -2.05. The summed E-state index contributed by atoms with van der Waals surface area (Å²) in [6, 6.07) is 5.62. The summed E-state index contributed by atoms with van der Waals surface area (Å²) in [6.45, 7) is 3.99. The predicted molar refractivity (Wildman–Crippen MR) is 49.8 cm³/mol. The van der Waals surface area contributed by atoms with Crippen LogP contribution in [0.5, 0.6) is 5.75 Å². The number of nitrogens with zero attached hydrogens (tertiary/aromatic N) is 1. The molecule has 0 spiro atoms. The first-order valence-corrected chi connectivity index (χ1v) is 4.25. The molecule has 3 heteroatoms. The molecule has 0 fully saturated rings. The van der Waals surface area contributed by atoms with E-state index in [2.05, 4.69) is 4.98 Å². The molecule has 0 aliphatic rings. The van der Waals surface area contributed by atoms with Gasteiger partial charge in [-0.2, -0.15) is 0 Å². The SMILES string of the molecule is CC(C)Oc1ccc2ocnc2c1. The Labute approximate surface area is 76.3 Å². The molecule has 1 heterocycles. The fourth-order valence-corrected chi connectivity index (χ4v) is 1.18. The number of aromatic nitrogens is 1. The Balaban J connectivity index is 2.37. The summed E-state index contributed by atoms with van der Waals surface area (Å²) < 4.78 is 10.6. The highest BCUT2D eigenvalue weighted by atomic mass is 16.5. The van der Waals surface area contributed by atoms with Crippen LogP contribution in [0.4, 0.5) is 0 Å². The fraction of sp³-hybridized carbons (Fsp3) is 0.300. The van der Waals surface area contributed by atoms with Crippen molar-refractivity contribution in [2.24, 2.45) is 0 Å². The van der Waals surface area contributed by atoms with E-state index in [0.29, 0.717) is 0 Å². The van der Waals surface area contributed by atoms with Crippen molar-refractivity contribution in [3.05, 3.63) is 24.6 Å². The maximum absolute atomic E-state index is 5.51. The van der Waals surface area contributed by atoms with E-state index >= 15 is 0 Å². The Morgan fingerprint density at radius 1 is 1.38 bits per heavy atom. The number of benzene rings is 1. The van der Waals surface area contributed by atoms with Crippen molar-refractivity contribution >= 4 is 11.1 Å². The zero-order valence-electron chi connectivity index (χ0n) is 7.65. The van der Waals surface area contributed by atoms with Crippen molar-refractivity contribution in [1.29, 1.82) is 0 Å². The van der Waals surface area contributed by atoms with Crippen LogP contribution < -0.4 is 4.74 Å². The lowest BCUT2D eigenvalue weighted by Gasteiger charge is -2.08. The van der Waals surface area contributed by atoms with Gasteiger partial charge in [0.25, 0.3) is 0 Å².